The van der Waals surface area contributed by atoms with Crippen molar-refractivity contribution in [2.45, 2.75) is 31.6 Å². The Morgan fingerprint density at radius 2 is 1.24 bits per heavy atom. The number of benzene rings is 3. The molecule has 1 aliphatic heterocycles. The zero-order valence-corrected chi connectivity index (χ0v) is 18.9. The number of ether oxygens (including phenoxy) is 1. The third-order valence-corrected chi connectivity index (χ3v) is 7.54. The maximum atomic E-state index is 13.8. The smallest absolute Gasteiger partial charge is 0.338 e. The molecule has 2 atom stereocenters. The van der Waals surface area contributed by atoms with Gasteiger partial charge in [0.05, 0.1) is 29.7 Å². The van der Waals surface area contributed by atoms with Gasteiger partial charge >= 0.3 is 5.97 Å². The number of rotatable bonds is 5. The van der Waals surface area contributed by atoms with E-state index in [1.807, 2.05) is 31.2 Å². The average molecular weight is 452 g/mol. The van der Waals surface area contributed by atoms with Crippen molar-refractivity contribution < 1.29 is 19.1 Å². The number of nitrogens with zero attached hydrogens (tertiary/aromatic N) is 1. The van der Waals surface area contributed by atoms with E-state index in [1.54, 1.807) is 24.3 Å². The molecule has 1 saturated heterocycles. The molecule has 34 heavy (non-hydrogen) atoms. The number of hydrogen-bond donors (Lipinski definition) is 0. The fraction of sp³-hybridized carbons (Fsp3) is 0.276. The van der Waals surface area contributed by atoms with Crippen molar-refractivity contribution in [2.75, 3.05) is 11.5 Å². The van der Waals surface area contributed by atoms with Gasteiger partial charge in [-0.15, -0.1) is 0 Å². The molecule has 7 rings (SSSR count). The molecule has 1 heterocycles. The third kappa shape index (κ3) is 2.89. The molecule has 4 aliphatic rings. The van der Waals surface area contributed by atoms with Gasteiger partial charge in [0.15, 0.2) is 0 Å². The number of amides is 2. The monoisotopic (exact) mass is 451 g/mol. The summed E-state index contributed by atoms with van der Waals surface area (Å²) < 4.78 is 5.27. The first-order valence-electron chi connectivity index (χ1n) is 11.9. The quantitative estimate of drug-likeness (QED) is 0.310. The number of carbonyl (C=O) groups is 3. The summed E-state index contributed by atoms with van der Waals surface area (Å²) in [6.45, 7) is 2.42. The summed E-state index contributed by atoms with van der Waals surface area (Å²) in [6.07, 6.45) is 1.76. The lowest BCUT2D eigenvalue weighted by atomic mass is 9.55. The highest BCUT2D eigenvalue weighted by atomic mass is 16.5. The standard InChI is InChI=1S/C29H25NO4/c1-2-3-16-34-29(33)17-12-14-18(15-13-17)30-27(31)25-23-19-8-4-5-9-20(19)24(26(25)28(30)32)22-11-7-6-10-21(22)23/h4-15,23-26H,2-3,16H2,1H3. The molecular weight excluding hydrogens is 426 g/mol. The zero-order valence-electron chi connectivity index (χ0n) is 18.9. The molecule has 2 bridgehead atoms. The Morgan fingerprint density at radius 3 is 1.68 bits per heavy atom. The van der Waals surface area contributed by atoms with Crippen molar-refractivity contribution in [1.82, 2.24) is 0 Å². The number of unbranched alkanes of at least 4 members (excludes halogenated alkanes) is 1. The highest BCUT2D eigenvalue weighted by Gasteiger charge is 2.61. The van der Waals surface area contributed by atoms with Gasteiger partial charge in [-0.05, 0) is 52.9 Å². The van der Waals surface area contributed by atoms with Gasteiger partial charge in [-0.2, -0.15) is 0 Å². The van der Waals surface area contributed by atoms with Crippen LogP contribution in [0.5, 0.6) is 0 Å². The second-order valence-corrected chi connectivity index (χ2v) is 9.31. The normalized spacial score (nSPS) is 24.0. The van der Waals surface area contributed by atoms with Gasteiger partial charge in [0.1, 0.15) is 0 Å². The molecular formula is C29H25NO4. The largest absolute Gasteiger partial charge is 0.462 e. The van der Waals surface area contributed by atoms with Gasteiger partial charge in [-0.1, -0.05) is 61.9 Å². The Morgan fingerprint density at radius 1 is 0.765 bits per heavy atom. The second kappa shape index (κ2) is 7.94. The van der Waals surface area contributed by atoms with Crippen LogP contribution in [-0.2, 0) is 14.3 Å². The maximum absolute atomic E-state index is 13.8. The summed E-state index contributed by atoms with van der Waals surface area (Å²) in [5, 5.41) is 0. The first-order chi connectivity index (χ1) is 16.6. The van der Waals surface area contributed by atoms with Crippen molar-refractivity contribution in [2.24, 2.45) is 11.8 Å². The summed E-state index contributed by atoms with van der Waals surface area (Å²) in [7, 11) is 0. The van der Waals surface area contributed by atoms with Crippen LogP contribution < -0.4 is 4.90 Å². The van der Waals surface area contributed by atoms with Crippen molar-refractivity contribution in [3.05, 3.63) is 101 Å². The zero-order chi connectivity index (χ0) is 23.4. The second-order valence-electron chi connectivity index (χ2n) is 9.31. The Hall–Kier alpha value is -3.73. The molecule has 0 spiro atoms. The molecule has 1 fully saturated rings. The molecule has 0 saturated carbocycles. The van der Waals surface area contributed by atoms with E-state index >= 15 is 0 Å². The molecule has 0 radical (unpaired) electrons. The summed E-state index contributed by atoms with van der Waals surface area (Å²) in [5.74, 6) is -1.80. The van der Waals surface area contributed by atoms with Gasteiger partial charge in [-0.25, -0.2) is 9.69 Å². The minimum absolute atomic E-state index is 0.128. The first-order valence-corrected chi connectivity index (χ1v) is 11.9. The highest BCUT2D eigenvalue weighted by Crippen LogP contribution is 2.61. The van der Waals surface area contributed by atoms with Crippen molar-refractivity contribution in [1.29, 1.82) is 0 Å². The van der Waals surface area contributed by atoms with E-state index in [1.165, 1.54) is 4.90 Å². The SMILES string of the molecule is CCCCOC(=O)c1ccc(N2C(=O)C3C4c5ccccc5C(c5ccccc54)C3C2=O)cc1. The average Bonchev–Trinajstić information content (AvgIpc) is 3.14. The van der Waals surface area contributed by atoms with Crippen LogP contribution in [0.25, 0.3) is 0 Å². The molecule has 3 aliphatic carbocycles. The topological polar surface area (TPSA) is 63.7 Å². The predicted molar refractivity (Wildman–Crippen MR) is 128 cm³/mol. The van der Waals surface area contributed by atoms with E-state index in [2.05, 4.69) is 24.3 Å². The van der Waals surface area contributed by atoms with Crippen LogP contribution >= 0.6 is 0 Å². The van der Waals surface area contributed by atoms with Crippen molar-refractivity contribution in [3.63, 3.8) is 0 Å². The Labute approximate surface area is 198 Å². The van der Waals surface area contributed by atoms with Crippen LogP contribution in [0.3, 0.4) is 0 Å². The van der Waals surface area contributed by atoms with Crippen LogP contribution in [0.15, 0.2) is 72.8 Å². The van der Waals surface area contributed by atoms with Crippen LogP contribution in [0.1, 0.15) is 64.2 Å². The van der Waals surface area contributed by atoms with Crippen LogP contribution in [0.4, 0.5) is 5.69 Å². The molecule has 5 heteroatoms. The Balaban J connectivity index is 1.36. The van der Waals surface area contributed by atoms with E-state index in [9.17, 15) is 14.4 Å². The van der Waals surface area contributed by atoms with Gasteiger partial charge < -0.3 is 4.74 Å². The molecule has 3 aromatic carbocycles. The van der Waals surface area contributed by atoms with E-state index in [4.69, 9.17) is 4.74 Å². The summed E-state index contributed by atoms with van der Waals surface area (Å²) >= 11 is 0. The minimum Gasteiger partial charge on any atom is -0.462 e. The van der Waals surface area contributed by atoms with Gasteiger partial charge in [-0.3, -0.25) is 9.59 Å². The van der Waals surface area contributed by atoms with E-state index in [-0.39, 0.29) is 23.7 Å². The summed E-state index contributed by atoms with van der Waals surface area (Å²) in [6, 6.07) is 23.0. The lowest BCUT2D eigenvalue weighted by molar-refractivity contribution is -0.122. The Bertz CT molecular complexity index is 1200. The fourth-order valence-electron chi connectivity index (χ4n) is 6.07. The summed E-state index contributed by atoms with van der Waals surface area (Å²) in [4.78, 5) is 41.1. The van der Waals surface area contributed by atoms with Gasteiger partial charge in [0.25, 0.3) is 0 Å². The fourth-order valence-corrected chi connectivity index (χ4v) is 6.07. The predicted octanol–water partition coefficient (Wildman–Crippen LogP) is 5.04. The lowest BCUT2D eigenvalue weighted by Crippen LogP contribution is -2.41. The highest BCUT2D eigenvalue weighted by molar-refractivity contribution is 6.23. The third-order valence-electron chi connectivity index (χ3n) is 7.54. The van der Waals surface area contributed by atoms with Gasteiger partial charge in [0, 0.05) is 11.8 Å². The lowest BCUT2D eigenvalue weighted by Gasteiger charge is -2.45. The minimum atomic E-state index is -0.416. The van der Waals surface area contributed by atoms with Gasteiger partial charge in [0.2, 0.25) is 11.8 Å². The molecule has 0 aromatic heterocycles. The van der Waals surface area contributed by atoms with Crippen molar-refractivity contribution in [3.8, 4) is 0 Å². The maximum Gasteiger partial charge on any atom is 0.338 e. The molecule has 2 amide bonds. The van der Waals surface area contributed by atoms with Crippen LogP contribution in [0.2, 0.25) is 0 Å². The number of carbonyl (C=O) groups excluding carboxylic acids is 3. The molecule has 0 N–H and O–H groups in total. The number of anilines is 1. The van der Waals surface area contributed by atoms with E-state index < -0.39 is 17.8 Å². The molecule has 170 valence electrons. The van der Waals surface area contributed by atoms with E-state index in [0.29, 0.717) is 17.9 Å². The summed E-state index contributed by atoms with van der Waals surface area (Å²) in [5.41, 5.74) is 5.53. The van der Waals surface area contributed by atoms with Crippen LogP contribution in [-0.4, -0.2) is 24.4 Å². The number of imide groups is 1. The van der Waals surface area contributed by atoms with Crippen LogP contribution in [0, 0.1) is 11.8 Å². The Kier molecular flexibility index (Phi) is 4.87. The van der Waals surface area contributed by atoms with E-state index in [0.717, 1.165) is 35.1 Å². The number of hydrogen-bond acceptors (Lipinski definition) is 4. The molecule has 2 unspecified atom stereocenters. The molecule has 3 aromatic rings. The first kappa shape index (κ1) is 20.8. The molecule has 5 nitrogen and oxygen atoms in total. The number of esters is 1. The van der Waals surface area contributed by atoms with Crippen molar-refractivity contribution >= 4 is 23.5 Å².